The molecule has 1 aromatic rings. The van der Waals surface area contributed by atoms with Crippen LogP contribution in [0.5, 0.6) is 0 Å². The average Bonchev–Trinajstić information content (AvgIpc) is 2.99. The number of aliphatic carboxylic acids is 1. The van der Waals surface area contributed by atoms with E-state index in [1.807, 2.05) is 11.6 Å². The van der Waals surface area contributed by atoms with Gasteiger partial charge in [0.25, 0.3) is 0 Å². The van der Waals surface area contributed by atoms with Gasteiger partial charge >= 0.3 is 5.97 Å². The lowest BCUT2D eigenvalue weighted by molar-refractivity contribution is -0.148. The van der Waals surface area contributed by atoms with Crippen LogP contribution in [0.25, 0.3) is 0 Å². The topological polar surface area (TPSA) is 71.2 Å². The second kappa shape index (κ2) is 6.56. The van der Waals surface area contributed by atoms with E-state index in [4.69, 9.17) is 0 Å². The van der Waals surface area contributed by atoms with Crippen LogP contribution in [0.4, 0.5) is 0 Å². The lowest BCUT2D eigenvalue weighted by atomic mass is 9.83. The minimum atomic E-state index is -0.657. The van der Waals surface area contributed by atoms with Crippen molar-refractivity contribution < 1.29 is 9.90 Å². The van der Waals surface area contributed by atoms with E-state index in [0.29, 0.717) is 19.0 Å². The van der Waals surface area contributed by atoms with Gasteiger partial charge in [-0.2, -0.15) is 5.10 Å². The van der Waals surface area contributed by atoms with Crippen molar-refractivity contribution in [2.45, 2.75) is 53.1 Å². The number of hydrogen-bond acceptors (Lipinski definition) is 4. The van der Waals surface area contributed by atoms with E-state index >= 15 is 0 Å². The highest BCUT2D eigenvalue weighted by Crippen LogP contribution is 2.36. The number of carboxylic acid groups (broad SMARTS) is 1. The molecular formula is C15H26N4O2. The number of carbonyl (C=O) groups is 1. The average molecular weight is 294 g/mol. The maximum Gasteiger partial charge on any atom is 0.310 e. The maximum absolute atomic E-state index is 11.6. The van der Waals surface area contributed by atoms with Crippen LogP contribution in [0, 0.1) is 11.3 Å². The molecule has 1 N–H and O–H groups in total. The van der Waals surface area contributed by atoms with E-state index in [1.54, 1.807) is 6.33 Å². The van der Waals surface area contributed by atoms with Gasteiger partial charge in [0.15, 0.2) is 0 Å². The van der Waals surface area contributed by atoms with E-state index in [-0.39, 0.29) is 0 Å². The predicted octanol–water partition coefficient (Wildman–Crippen LogP) is 2.01. The second-order valence-corrected chi connectivity index (χ2v) is 6.55. The monoisotopic (exact) mass is 294 g/mol. The summed E-state index contributed by atoms with van der Waals surface area (Å²) in [5.41, 5.74) is -0.572. The highest BCUT2D eigenvalue weighted by molar-refractivity contribution is 5.75. The summed E-state index contributed by atoms with van der Waals surface area (Å²) in [4.78, 5) is 18.1. The number of carboxylic acids is 1. The molecule has 21 heavy (non-hydrogen) atoms. The van der Waals surface area contributed by atoms with Gasteiger partial charge in [-0.05, 0) is 25.3 Å². The Morgan fingerprint density at radius 3 is 2.90 bits per heavy atom. The molecule has 0 aromatic carbocycles. The standard InChI is InChI=1S/C15H26N4O2/c1-4-5-15(14(20)21)6-7-18(10-15)9-13-16-11-17-19(13)8-12(2)3/h11-12H,4-10H2,1-3H3,(H,20,21). The molecule has 1 aromatic heterocycles. The Kier molecular flexibility index (Phi) is 4.98. The molecule has 2 heterocycles. The Morgan fingerprint density at radius 1 is 1.52 bits per heavy atom. The molecule has 0 radical (unpaired) electrons. The largest absolute Gasteiger partial charge is 0.481 e. The van der Waals surface area contributed by atoms with Crippen molar-refractivity contribution in [3.8, 4) is 0 Å². The van der Waals surface area contributed by atoms with Gasteiger partial charge in [-0.15, -0.1) is 0 Å². The second-order valence-electron chi connectivity index (χ2n) is 6.55. The SMILES string of the molecule is CCCC1(C(=O)O)CCN(Cc2ncnn2CC(C)C)C1. The van der Waals surface area contributed by atoms with Gasteiger partial charge in [0.1, 0.15) is 12.2 Å². The number of aromatic nitrogens is 3. The Bertz CT molecular complexity index is 486. The van der Waals surface area contributed by atoms with E-state index < -0.39 is 11.4 Å². The molecular weight excluding hydrogens is 268 g/mol. The molecule has 1 atom stereocenters. The zero-order chi connectivity index (χ0) is 15.5. The van der Waals surface area contributed by atoms with Crippen LogP contribution in [0.15, 0.2) is 6.33 Å². The molecule has 6 heteroatoms. The van der Waals surface area contributed by atoms with Crippen LogP contribution in [0.3, 0.4) is 0 Å². The van der Waals surface area contributed by atoms with Gasteiger partial charge in [-0.25, -0.2) is 9.67 Å². The fourth-order valence-electron chi connectivity index (χ4n) is 3.17. The van der Waals surface area contributed by atoms with Crippen LogP contribution in [0.1, 0.15) is 45.9 Å². The fraction of sp³-hybridized carbons (Fsp3) is 0.800. The van der Waals surface area contributed by atoms with E-state index in [9.17, 15) is 9.90 Å². The summed E-state index contributed by atoms with van der Waals surface area (Å²) in [5.74, 6) is 0.791. The summed E-state index contributed by atoms with van der Waals surface area (Å²) < 4.78 is 1.94. The van der Waals surface area contributed by atoms with Crippen LogP contribution in [-0.2, 0) is 17.9 Å². The summed E-state index contributed by atoms with van der Waals surface area (Å²) in [6, 6.07) is 0. The van der Waals surface area contributed by atoms with E-state index in [2.05, 4.69) is 28.8 Å². The van der Waals surface area contributed by atoms with Gasteiger partial charge in [-0.1, -0.05) is 27.2 Å². The number of hydrogen-bond donors (Lipinski definition) is 1. The van der Waals surface area contributed by atoms with E-state index in [0.717, 1.165) is 38.2 Å². The molecule has 1 saturated heterocycles. The Labute approximate surface area is 126 Å². The van der Waals surface area contributed by atoms with Crippen molar-refractivity contribution in [2.75, 3.05) is 13.1 Å². The zero-order valence-electron chi connectivity index (χ0n) is 13.2. The molecule has 0 bridgehead atoms. The van der Waals surface area contributed by atoms with Crippen molar-refractivity contribution >= 4 is 5.97 Å². The molecule has 1 aliphatic rings. The molecule has 1 aliphatic heterocycles. The minimum Gasteiger partial charge on any atom is -0.481 e. The third-order valence-electron chi connectivity index (χ3n) is 4.21. The lowest BCUT2D eigenvalue weighted by Gasteiger charge is -2.24. The maximum atomic E-state index is 11.6. The first-order valence-electron chi connectivity index (χ1n) is 7.79. The summed E-state index contributed by atoms with van der Waals surface area (Å²) in [6.45, 7) is 9.32. The third kappa shape index (κ3) is 3.61. The molecule has 0 spiro atoms. The van der Waals surface area contributed by atoms with Crippen molar-refractivity contribution in [1.82, 2.24) is 19.7 Å². The number of likely N-dealkylation sites (tertiary alicyclic amines) is 1. The van der Waals surface area contributed by atoms with Gasteiger partial charge in [0.05, 0.1) is 12.0 Å². The van der Waals surface area contributed by atoms with Crippen molar-refractivity contribution in [1.29, 1.82) is 0 Å². The van der Waals surface area contributed by atoms with Crippen LogP contribution < -0.4 is 0 Å². The highest BCUT2D eigenvalue weighted by atomic mass is 16.4. The first kappa shape index (κ1) is 15.9. The van der Waals surface area contributed by atoms with Crippen molar-refractivity contribution in [2.24, 2.45) is 11.3 Å². The van der Waals surface area contributed by atoms with Crippen molar-refractivity contribution in [3.63, 3.8) is 0 Å². The smallest absolute Gasteiger partial charge is 0.310 e. The lowest BCUT2D eigenvalue weighted by Crippen LogP contribution is -2.34. The van der Waals surface area contributed by atoms with Crippen LogP contribution >= 0.6 is 0 Å². The Balaban J connectivity index is 2.02. The molecule has 0 saturated carbocycles. The normalized spacial score (nSPS) is 23.0. The van der Waals surface area contributed by atoms with Crippen LogP contribution in [0.2, 0.25) is 0 Å². The Morgan fingerprint density at radius 2 is 2.29 bits per heavy atom. The molecule has 6 nitrogen and oxygen atoms in total. The van der Waals surface area contributed by atoms with Gasteiger partial charge < -0.3 is 5.11 Å². The number of nitrogens with zero attached hydrogens (tertiary/aromatic N) is 4. The first-order chi connectivity index (χ1) is 9.97. The van der Waals surface area contributed by atoms with Crippen LogP contribution in [-0.4, -0.2) is 43.8 Å². The quantitative estimate of drug-likeness (QED) is 0.833. The molecule has 0 amide bonds. The highest BCUT2D eigenvalue weighted by Gasteiger charge is 2.44. The molecule has 1 unspecified atom stereocenters. The van der Waals surface area contributed by atoms with E-state index in [1.165, 1.54) is 0 Å². The van der Waals surface area contributed by atoms with Gasteiger partial charge in [-0.3, -0.25) is 9.69 Å². The summed E-state index contributed by atoms with van der Waals surface area (Å²) in [6.07, 6.45) is 3.97. The van der Waals surface area contributed by atoms with Crippen molar-refractivity contribution in [3.05, 3.63) is 12.2 Å². The molecule has 2 rings (SSSR count). The molecule has 0 aliphatic carbocycles. The Hall–Kier alpha value is -1.43. The number of rotatable bonds is 7. The molecule has 1 fully saturated rings. The summed E-state index contributed by atoms with van der Waals surface area (Å²) in [7, 11) is 0. The zero-order valence-corrected chi connectivity index (χ0v) is 13.2. The third-order valence-corrected chi connectivity index (χ3v) is 4.21. The van der Waals surface area contributed by atoms with Gasteiger partial charge in [0.2, 0.25) is 0 Å². The van der Waals surface area contributed by atoms with Gasteiger partial charge in [0, 0.05) is 13.1 Å². The fourth-order valence-corrected chi connectivity index (χ4v) is 3.17. The predicted molar refractivity (Wildman–Crippen MR) is 79.7 cm³/mol. The summed E-state index contributed by atoms with van der Waals surface area (Å²) in [5, 5.41) is 13.8. The first-order valence-corrected chi connectivity index (χ1v) is 7.79. The minimum absolute atomic E-state index is 0.516. The molecule has 118 valence electrons. The summed E-state index contributed by atoms with van der Waals surface area (Å²) >= 11 is 0.